The van der Waals surface area contributed by atoms with E-state index in [0.29, 0.717) is 12.6 Å². The molecule has 0 spiro atoms. The molecule has 1 aromatic rings. The van der Waals surface area contributed by atoms with E-state index in [1.165, 1.54) is 11.3 Å². The lowest BCUT2D eigenvalue weighted by Gasteiger charge is -2.27. The van der Waals surface area contributed by atoms with Crippen molar-refractivity contribution in [1.29, 1.82) is 0 Å². The van der Waals surface area contributed by atoms with Crippen LogP contribution in [0.5, 0.6) is 0 Å². The van der Waals surface area contributed by atoms with E-state index in [-0.39, 0.29) is 0 Å². The highest BCUT2D eigenvalue weighted by molar-refractivity contribution is 5.75. The molecular weight excluding hydrogens is 216 g/mol. The van der Waals surface area contributed by atoms with Crippen LogP contribution < -0.4 is 10.2 Å². The second kappa shape index (κ2) is 4.75. The number of nitrogens with one attached hydrogen (secondary N) is 1. The number of rotatable bonds is 4. The van der Waals surface area contributed by atoms with Gasteiger partial charge in [-0.15, -0.1) is 0 Å². The van der Waals surface area contributed by atoms with Gasteiger partial charge in [-0.3, -0.25) is 4.79 Å². The zero-order valence-corrected chi connectivity index (χ0v) is 10.2. The van der Waals surface area contributed by atoms with E-state index in [1.807, 2.05) is 12.1 Å². The molecule has 4 nitrogen and oxygen atoms in total. The number of hydrogen-bond donors (Lipinski definition) is 2. The molecule has 0 saturated heterocycles. The third-order valence-electron chi connectivity index (χ3n) is 3.37. The summed E-state index contributed by atoms with van der Waals surface area (Å²) >= 11 is 0. The molecule has 2 rings (SSSR count). The number of nitrogens with zero attached hydrogens (tertiary/aromatic N) is 1. The molecule has 0 bridgehead atoms. The van der Waals surface area contributed by atoms with Crippen LogP contribution in [-0.2, 0) is 11.2 Å². The molecule has 17 heavy (non-hydrogen) atoms. The minimum atomic E-state index is -0.802. The summed E-state index contributed by atoms with van der Waals surface area (Å²) < 4.78 is 0. The van der Waals surface area contributed by atoms with Crippen LogP contribution in [0, 0.1) is 0 Å². The van der Waals surface area contributed by atoms with Gasteiger partial charge in [-0.05, 0) is 32.0 Å². The molecule has 0 amide bonds. The van der Waals surface area contributed by atoms with Gasteiger partial charge in [0.15, 0.2) is 0 Å². The number of para-hydroxylation sites is 1. The number of carboxylic acids is 1. The summed E-state index contributed by atoms with van der Waals surface area (Å²) in [6.07, 6.45) is 0.992. The molecule has 1 heterocycles. The first-order valence-electron chi connectivity index (χ1n) is 5.88. The molecule has 0 aliphatic carbocycles. The highest BCUT2D eigenvalue weighted by atomic mass is 16.4. The van der Waals surface area contributed by atoms with E-state index in [0.717, 1.165) is 6.42 Å². The maximum atomic E-state index is 11.0. The van der Waals surface area contributed by atoms with Crippen molar-refractivity contribution in [2.45, 2.75) is 25.4 Å². The van der Waals surface area contributed by atoms with Crippen molar-refractivity contribution >= 4 is 11.7 Å². The van der Waals surface area contributed by atoms with Crippen molar-refractivity contribution in [3.63, 3.8) is 0 Å². The van der Waals surface area contributed by atoms with Crippen molar-refractivity contribution in [2.75, 3.05) is 18.5 Å². The van der Waals surface area contributed by atoms with Gasteiger partial charge in [0.2, 0.25) is 0 Å². The number of carboxylic acid groups (broad SMARTS) is 1. The number of hydrogen-bond acceptors (Lipinski definition) is 3. The third-order valence-corrected chi connectivity index (χ3v) is 3.37. The van der Waals surface area contributed by atoms with Crippen molar-refractivity contribution in [1.82, 2.24) is 5.32 Å². The SMILES string of the molecule is CNC(CN1c2ccccc2CC1C)C(=O)O. The largest absolute Gasteiger partial charge is 0.480 e. The number of fused-ring (bicyclic) bond motifs is 1. The third kappa shape index (κ3) is 2.26. The first-order valence-corrected chi connectivity index (χ1v) is 5.88. The summed E-state index contributed by atoms with van der Waals surface area (Å²) in [6.45, 7) is 2.64. The Morgan fingerprint density at radius 2 is 2.29 bits per heavy atom. The van der Waals surface area contributed by atoms with Crippen LogP contribution in [0.2, 0.25) is 0 Å². The van der Waals surface area contributed by atoms with Gasteiger partial charge in [0.25, 0.3) is 0 Å². The molecule has 0 fully saturated rings. The fourth-order valence-electron chi connectivity index (χ4n) is 2.40. The molecule has 4 heteroatoms. The zero-order valence-electron chi connectivity index (χ0n) is 10.2. The smallest absolute Gasteiger partial charge is 0.322 e. The summed E-state index contributed by atoms with van der Waals surface area (Å²) in [5.74, 6) is -0.802. The van der Waals surface area contributed by atoms with Crippen LogP contribution in [0.15, 0.2) is 24.3 Å². The van der Waals surface area contributed by atoms with E-state index in [2.05, 4.69) is 29.3 Å². The Balaban J connectivity index is 2.19. The number of anilines is 1. The number of aliphatic carboxylic acids is 1. The Bertz CT molecular complexity index is 420. The van der Waals surface area contributed by atoms with Gasteiger partial charge in [-0.25, -0.2) is 0 Å². The van der Waals surface area contributed by atoms with Gasteiger partial charge in [0, 0.05) is 18.3 Å². The van der Waals surface area contributed by atoms with E-state index in [4.69, 9.17) is 5.11 Å². The predicted octanol–water partition coefficient (Wildman–Crippen LogP) is 1.11. The van der Waals surface area contributed by atoms with Crippen LogP contribution in [0.4, 0.5) is 5.69 Å². The number of carbonyl (C=O) groups is 1. The molecule has 0 aromatic heterocycles. The lowest BCUT2D eigenvalue weighted by Crippen LogP contribution is -2.46. The van der Waals surface area contributed by atoms with Gasteiger partial charge in [-0.1, -0.05) is 18.2 Å². The fourth-order valence-corrected chi connectivity index (χ4v) is 2.40. The predicted molar refractivity (Wildman–Crippen MR) is 67.4 cm³/mol. The molecule has 0 radical (unpaired) electrons. The lowest BCUT2D eigenvalue weighted by atomic mass is 10.1. The average molecular weight is 234 g/mol. The minimum absolute atomic E-state index is 0.364. The number of likely N-dealkylation sites (N-methyl/N-ethyl adjacent to an activating group) is 1. The standard InChI is InChI=1S/C13H18N2O2/c1-9-7-10-5-3-4-6-12(10)15(9)8-11(14-2)13(16)17/h3-6,9,11,14H,7-8H2,1-2H3,(H,16,17). The highest BCUT2D eigenvalue weighted by Crippen LogP contribution is 2.31. The van der Waals surface area contributed by atoms with E-state index in [9.17, 15) is 4.79 Å². The molecular formula is C13H18N2O2. The fraction of sp³-hybridized carbons (Fsp3) is 0.462. The topological polar surface area (TPSA) is 52.6 Å². The zero-order chi connectivity index (χ0) is 12.4. The molecule has 0 saturated carbocycles. The molecule has 2 atom stereocenters. The second-order valence-corrected chi connectivity index (χ2v) is 4.51. The van der Waals surface area contributed by atoms with E-state index >= 15 is 0 Å². The monoisotopic (exact) mass is 234 g/mol. The summed E-state index contributed by atoms with van der Waals surface area (Å²) in [5, 5.41) is 11.9. The van der Waals surface area contributed by atoms with Gasteiger partial charge in [0.1, 0.15) is 6.04 Å². The van der Waals surface area contributed by atoms with Crippen molar-refractivity contribution in [2.24, 2.45) is 0 Å². The summed E-state index contributed by atoms with van der Waals surface area (Å²) in [5.41, 5.74) is 2.47. The Hall–Kier alpha value is -1.55. The average Bonchev–Trinajstić information content (AvgIpc) is 2.61. The van der Waals surface area contributed by atoms with Crippen LogP contribution in [0.3, 0.4) is 0 Å². The Morgan fingerprint density at radius 1 is 1.59 bits per heavy atom. The molecule has 1 aliphatic rings. The Morgan fingerprint density at radius 3 is 2.94 bits per heavy atom. The molecule has 2 N–H and O–H groups in total. The van der Waals surface area contributed by atoms with Crippen molar-refractivity contribution < 1.29 is 9.90 Å². The molecule has 2 unspecified atom stereocenters. The van der Waals surface area contributed by atoms with Gasteiger partial charge >= 0.3 is 5.97 Å². The van der Waals surface area contributed by atoms with Crippen LogP contribution in [0.25, 0.3) is 0 Å². The van der Waals surface area contributed by atoms with E-state index in [1.54, 1.807) is 7.05 Å². The summed E-state index contributed by atoms with van der Waals surface area (Å²) in [7, 11) is 1.69. The first-order chi connectivity index (χ1) is 8.13. The van der Waals surface area contributed by atoms with Crippen molar-refractivity contribution in [3.05, 3.63) is 29.8 Å². The molecule has 92 valence electrons. The van der Waals surface area contributed by atoms with Gasteiger partial charge in [0.05, 0.1) is 0 Å². The first kappa shape index (κ1) is 11.9. The quantitative estimate of drug-likeness (QED) is 0.819. The normalized spacial score (nSPS) is 20.1. The summed E-state index contributed by atoms with van der Waals surface area (Å²) in [6, 6.07) is 8.04. The van der Waals surface area contributed by atoms with Gasteiger partial charge < -0.3 is 15.3 Å². The molecule has 1 aromatic carbocycles. The van der Waals surface area contributed by atoms with E-state index < -0.39 is 12.0 Å². The second-order valence-electron chi connectivity index (χ2n) is 4.51. The minimum Gasteiger partial charge on any atom is -0.480 e. The molecule has 1 aliphatic heterocycles. The van der Waals surface area contributed by atoms with Gasteiger partial charge in [-0.2, -0.15) is 0 Å². The lowest BCUT2D eigenvalue weighted by molar-refractivity contribution is -0.139. The van der Waals surface area contributed by atoms with Crippen LogP contribution >= 0.6 is 0 Å². The highest BCUT2D eigenvalue weighted by Gasteiger charge is 2.29. The Labute approximate surface area is 101 Å². The summed E-state index contributed by atoms with van der Waals surface area (Å²) in [4.78, 5) is 13.2. The maximum Gasteiger partial charge on any atom is 0.322 e. The van der Waals surface area contributed by atoms with Crippen LogP contribution in [-0.4, -0.2) is 36.8 Å². The van der Waals surface area contributed by atoms with Crippen molar-refractivity contribution in [3.8, 4) is 0 Å². The number of benzene rings is 1. The van der Waals surface area contributed by atoms with Crippen LogP contribution in [0.1, 0.15) is 12.5 Å². The maximum absolute atomic E-state index is 11.0. The Kier molecular flexibility index (Phi) is 3.33.